The Bertz CT molecular complexity index is 416. The lowest BCUT2D eigenvalue weighted by Crippen LogP contribution is -2.32. The van der Waals surface area contributed by atoms with Gasteiger partial charge in [0, 0.05) is 0 Å². The summed E-state index contributed by atoms with van der Waals surface area (Å²) in [7, 11) is 2.01. The van der Waals surface area contributed by atoms with Gasteiger partial charge in [0.25, 0.3) is 0 Å². The van der Waals surface area contributed by atoms with E-state index in [9.17, 15) is 0 Å². The molecule has 0 spiro atoms. The number of aryl methyl sites for hydroxylation is 2. The predicted octanol–water partition coefficient (Wildman–Crippen LogP) is 3.13. The van der Waals surface area contributed by atoms with Crippen LogP contribution in [-0.2, 0) is 11.2 Å². The van der Waals surface area contributed by atoms with Crippen molar-refractivity contribution in [2.24, 2.45) is 0 Å². The van der Waals surface area contributed by atoms with Gasteiger partial charge >= 0.3 is 0 Å². The van der Waals surface area contributed by atoms with Crippen molar-refractivity contribution >= 4 is 0 Å². The number of allylic oxidation sites excluding steroid dienone is 1. The van der Waals surface area contributed by atoms with Crippen LogP contribution in [-0.4, -0.2) is 19.7 Å². The molecule has 0 saturated carbocycles. The third kappa shape index (κ3) is 3.36. The molecule has 1 N–H and O–H groups in total. The van der Waals surface area contributed by atoms with Crippen LogP contribution in [0.4, 0.5) is 0 Å². The van der Waals surface area contributed by atoms with Crippen LogP contribution in [0.3, 0.4) is 0 Å². The first-order chi connectivity index (χ1) is 8.69. The van der Waals surface area contributed by atoms with Gasteiger partial charge in [-0.2, -0.15) is 0 Å². The van der Waals surface area contributed by atoms with Crippen LogP contribution >= 0.6 is 0 Å². The van der Waals surface area contributed by atoms with Crippen LogP contribution < -0.4 is 5.32 Å². The van der Waals surface area contributed by atoms with E-state index in [1.54, 1.807) is 0 Å². The Hall–Kier alpha value is -1.28. The number of benzene rings is 1. The molecule has 1 heterocycles. The highest BCUT2D eigenvalue weighted by Crippen LogP contribution is 2.18. The van der Waals surface area contributed by atoms with E-state index in [2.05, 4.69) is 43.4 Å². The molecule has 0 aromatic heterocycles. The van der Waals surface area contributed by atoms with Crippen molar-refractivity contribution in [3.8, 4) is 0 Å². The predicted molar refractivity (Wildman–Crippen MR) is 75.7 cm³/mol. The SMILES string of the molecule is CNC(Cc1cc(C)cc(C)c1)C1=CCCCO1. The first kappa shape index (κ1) is 13.2. The molecule has 2 rings (SSSR count). The van der Waals surface area contributed by atoms with Crippen molar-refractivity contribution in [1.82, 2.24) is 5.32 Å². The van der Waals surface area contributed by atoms with Crippen LogP contribution in [0, 0.1) is 13.8 Å². The molecule has 1 atom stereocenters. The lowest BCUT2D eigenvalue weighted by atomic mass is 9.99. The molecule has 1 aromatic carbocycles. The topological polar surface area (TPSA) is 21.3 Å². The molecule has 0 saturated heterocycles. The molecule has 1 aliphatic heterocycles. The number of ether oxygens (including phenoxy) is 1. The van der Waals surface area contributed by atoms with E-state index in [4.69, 9.17) is 4.74 Å². The highest BCUT2D eigenvalue weighted by Gasteiger charge is 2.16. The zero-order chi connectivity index (χ0) is 13.0. The Morgan fingerprint density at radius 2 is 1.94 bits per heavy atom. The van der Waals surface area contributed by atoms with E-state index in [0.29, 0.717) is 6.04 Å². The molecule has 0 amide bonds. The summed E-state index contributed by atoms with van der Waals surface area (Å²) < 4.78 is 5.76. The Kier molecular flexibility index (Phi) is 4.43. The number of rotatable bonds is 4. The number of nitrogens with one attached hydrogen (secondary N) is 1. The summed E-state index contributed by atoms with van der Waals surface area (Å²) in [5.41, 5.74) is 4.04. The van der Waals surface area contributed by atoms with Crippen molar-refractivity contribution in [2.75, 3.05) is 13.7 Å². The van der Waals surface area contributed by atoms with Gasteiger partial charge in [0.15, 0.2) is 0 Å². The van der Waals surface area contributed by atoms with E-state index >= 15 is 0 Å². The maximum absolute atomic E-state index is 5.76. The van der Waals surface area contributed by atoms with Crippen molar-refractivity contribution in [2.45, 2.75) is 39.2 Å². The summed E-state index contributed by atoms with van der Waals surface area (Å²) in [6, 6.07) is 7.04. The molecule has 0 radical (unpaired) electrons. The summed E-state index contributed by atoms with van der Waals surface area (Å²) in [6.45, 7) is 5.17. The summed E-state index contributed by atoms with van der Waals surface area (Å²) in [5.74, 6) is 1.11. The van der Waals surface area contributed by atoms with E-state index < -0.39 is 0 Å². The van der Waals surface area contributed by atoms with Gasteiger partial charge in [0.05, 0.1) is 12.6 Å². The van der Waals surface area contributed by atoms with Gasteiger partial charge < -0.3 is 10.1 Å². The minimum Gasteiger partial charge on any atom is -0.497 e. The zero-order valence-electron chi connectivity index (χ0n) is 11.6. The largest absolute Gasteiger partial charge is 0.497 e. The van der Waals surface area contributed by atoms with Gasteiger partial charge in [0.1, 0.15) is 5.76 Å². The Morgan fingerprint density at radius 1 is 1.22 bits per heavy atom. The lowest BCUT2D eigenvalue weighted by Gasteiger charge is -2.23. The van der Waals surface area contributed by atoms with Gasteiger partial charge in [-0.05, 0) is 51.8 Å². The quantitative estimate of drug-likeness (QED) is 0.880. The van der Waals surface area contributed by atoms with Crippen LogP contribution in [0.15, 0.2) is 30.0 Å². The molecule has 1 aliphatic rings. The average molecular weight is 245 g/mol. The van der Waals surface area contributed by atoms with Crippen LogP contribution in [0.2, 0.25) is 0 Å². The molecule has 2 nitrogen and oxygen atoms in total. The molecule has 2 heteroatoms. The normalized spacial score (nSPS) is 16.9. The third-order valence-electron chi connectivity index (χ3n) is 3.38. The monoisotopic (exact) mass is 245 g/mol. The number of hydrogen-bond acceptors (Lipinski definition) is 2. The van der Waals surface area contributed by atoms with Crippen molar-refractivity contribution in [3.05, 3.63) is 46.7 Å². The van der Waals surface area contributed by atoms with Crippen LogP contribution in [0.1, 0.15) is 29.5 Å². The molecule has 1 unspecified atom stereocenters. The lowest BCUT2D eigenvalue weighted by molar-refractivity contribution is 0.169. The van der Waals surface area contributed by atoms with E-state index in [1.165, 1.54) is 16.7 Å². The second kappa shape index (κ2) is 6.05. The average Bonchev–Trinajstić information content (AvgIpc) is 2.36. The minimum atomic E-state index is 0.298. The second-order valence-electron chi connectivity index (χ2n) is 5.14. The first-order valence-corrected chi connectivity index (χ1v) is 6.76. The fraction of sp³-hybridized carbons (Fsp3) is 0.500. The van der Waals surface area contributed by atoms with Gasteiger partial charge in [0.2, 0.25) is 0 Å². The van der Waals surface area contributed by atoms with E-state index in [1.807, 2.05) is 7.05 Å². The Balaban J connectivity index is 2.12. The Labute approximate surface area is 110 Å². The van der Waals surface area contributed by atoms with Crippen molar-refractivity contribution in [3.63, 3.8) is 0 Å². The van der Waals surface area contributed by atoms with E-state index in [-0.39, 0.29) is 0 Å². The first-order valence-electron chi connectivity index (χ1n) is 6.76. The number of hydrogen-bond donors (Lipinski definition) is 1. The van der Waals surface area contributed by atoms with Gasteiger partial charge in [-0.3, -0.25) is 0 Å². The molecule has 0 fully saturated rings. The molecule has 0 bridgehead atoms. The molecule has 0 aliphatic carbocycles. The van der Waals surface area contributed by atoms with Gasteiger partial charge in [-0.15, -0.1) is 0 Å². The molecule has 98 valence electrons. The summed E-state index contributed by atoms with van der Waals surface area (Å²) in [6.07, 6.45) is 5.50. The molecule has 18 heavy (non-hydrogen) atoms. The van der Waals surface area contributed by atoms with E-state index in [0.717, 1.165) is 31.6 Å². The molecular weight excluding hydrogens is 222 g/mol. The van der Waals surface area contributed by atoms with Gasteiger partial charge in [-0.1, -0.05) is 29.3 Å². The van der Waals surface area contributed by atoms with Crippen LogP contribution in [0.5, 0.6) is 0 Å². The fourth-order valence-electron chi connectivity index (χ4n) is 2.59. The summed E-state index contributed by atoms with van der Waals surface area (Å²) >= 11 is 0. The summed E-state index contributed by atoms with van der Waals surface area (Å²) in [4.78, 5) is 0. The summed E-state index contributed by atoms with van der Waals surface area (Å²) in [5, 5.41) is 3.37. The van der Waals surface area contributed by atoms with Crippen LogP contribution in [0.25, 0.3) is 0 Å². The van der Waals surface area contributed by atoms with Gasteiger partial charge in [-0.25, -0.2) is 0 Å². The highest BCUT2D eigenvalue weighted by molar-refractivity contribution is 5.30. The molecule has 1 aromatic rings. The zero-order valence-corrected chi connectivity index (χ0v) is 11.6. The third-order valence-corrected chi connectivity index (χ3v) is 3.38. The minimum absolute atomic E-state index is 0.298. The maximum atomic E-state index is 5.76. The fourth-order valence-corrected chi connectivity index (χ4v) is 2.59. The van der Waals surface area contributed by atoms with Crippen molar-refractivity contribution in [1.29, 1.82) is 0 Å². The maximum Gasteiger partial charge on any atom is 0.109 e. The number of likely N-dealkylation sites (N-methyl/N-ethyl adjacent to an activating group) is 1. The second-order valence-corrected chi connectivity index (χ2v) is 5.14. The van der Waals surface area contributed by atoms with Crippen molar-refractivity contribution < 1.29 is 4.74 Å². The smallest absolute Gasteiger partial charge is 0.109 e. The molecular formula is C16H23NO. The highest BCUT2D eigenvalue weighted by atomic mass is 16.5. The standard InChI is InChI=1S/C16H23NO/c1-12-8-13(2)10-14(9-12)11-15(17-3)16-6-4-5-7-18-16/h6,8-10,15,17H,4-5,7,11H2,1-3H3. The Morgan fingerprint density at radius 3 is 2.50 bits per heavy atom.